The molecule has 2 aliphatic heterocycles. The molecule has 5 rings (SSSR count). The number of aromatic hydroxyl groups is 1. The van der Waals surface area contributed by atoms with Gasteiger partial charge in [-0.25, -0.2) is 14.4 Å². The standard InChI is InChI=1S/C25H28F2N6O2/c1-24-7-8-25(2,32-24)21(26)17(11-24)33(3)20-13-29-23(31-30-20)16-6-5-14(9-18(16)34)15-10-19(35-4)22(27)28-12-15/h5-6,9-10,12-13,17,21,32,34H,7-8,11H2,1-4H3/t17-,21-,24-,25+/m0/s1. The third-order valence-electron chi connectivity index (χ3n) is 7.40. The maximum absolute atomic E-state index is 15.4. The second-order valence-corrected chi connectivity index (χ2v) is 9.98. The summed E-state index contributed by atoms with van der Waals surface area (Å²) >= 11 is 0. The molecule has 1 aromatic carbocycles. The number of aromatic nitrogens is 4. The van der Waals surface area contributed by atoms with Crippen molar-refractivity contribution in [1.82, 2.24) is 25.5 Å². The fourth-order valence-electron chi connectivity index (χ4n) is 5.39. The Morgan fingerprint density at radius 2 is 1.91 bits per heavy atom. The Morgan fingerprint density at radius 1 is 1.11 bits per heavy atom. The molecule has 10 heteroatoms. The molecular weight excluding hydrogens is 454 g/mol. The molecule has 2 N–H and O–H groups in total. The van der Waals surface area contributed by atoms with Crippen molar-refractivity contribution in [2.75, 3.05) is 19.1 Å². The van der Waals surface area contributed by atoms with Gasteiger partial charge in [-0.2, -0.15) is 4.39 Å². The molecule has 2 saturated heterocycles. The average Bonchev–Trinajstić information content (AvgIpc) is 3.13. The number of halogens is 2. The highest BCUT2D eigenvalue weighted by atomic mass is 19.1. The number of hydrogen-bond acceptors (Lipinski definition) is 8. The van der Waals surface area contributed by atoms with E-state index in [1.807, 2.05) is 18.9 Å². The van der Waals surface area contributed by atoms with Gasteiger partial charge in [-0.1, -0.05) is 6.07 Å². The van der Waals surface area contributed by atoms with Crippen molar-refractivity contribution < 1.29 is 18.6 Å². The lowest BCUT2D eigenvalue weighted by Gasteiger charge is -2.47. The third kappa shape index (κ3) is 4.05. The van der Waals surface area contributed by atoms with Gasteiger partial charge >= 0.3 is 0 Å². The molecule has 184 valence electrons. The maximum atomic E-state index is 15.4. The first-order valence-corrected chi connectivity index (χ1v) is 11.5. The molecular formula is C25H28F2N6O2. The zero-order valence-electron chi connectivity index (χ0n) is 20.1. The number of phenolic OH excluding ortho intramolecular Hbond substituents is 1. The summed E-state index contributed by atoms with van der Waals surface area (Å²) in [5, 5.41) is 22.6. The van der Waals surface area contributed by atoms with E-state index < -0.39 is 17.7 Å². The van der Waals surface area contributed by atoms with Crippen LogP contribution in [0.1, 0.15) is 33.1 Å². The van der Waals surface area contributed by atoms with E-state index in [1.165, 1.54) is 25.4 Å². The number of methoxy groups -OCH3 is 1. The van der Waals surface area contributed by atoms with E-state index in [9.17, 15) is 9.50 Å². The minimum atomic E-state index is -1.05. The predicted octanol–water partition coefficient (Wildman–Crippen LogP) is 3.90. The van der Waals surface area contributed by atoms with Crippen molar-refractivity contribution in [3.63, 3.8) is 0 Å². The first-order chi connectivity index (χ1) is 16.6. The van der Waals surface area contributed by atoms with E-state index in [4.69, 9.17) is 4.74 Å². The van der Waals surface area contributed by atoms with E-state index in [2.05, 4.69) is 32.4 Å². The molecule has 4 heterocycles. The van der Waals surface area contributed by atoms with Gasteiger partial charge in [-0.05, 0) is 56.9 Å². The molecule has 2 bridgehead atoms. The number of fused-ring (bicyclic) bond motifs is 2. The van der Waals surface area contributed by atoms with Crippen molar-refractivity contribution in [3.8, 4) is 34.0 Å². The molecule has 4 atom stereocenters. The van der Waals surface area contributed by atoms with Gasteiger partial charge in [-0.3, -0.25) is 0 Å². The predicted molar refractivity (Wildman–Crippen MR) is 128 cm³/mol. The summed E-state index contributed by atoms with van der Waals surface area (Å²) in [6, 6.07) is 6.08. The molecule has 2 fully saturated rings. The third-order valence-corrected chi connectivity index (χ3v) is 7.40. The minimum absolute atomic E-state index is 0.0126. The number of pyridine rings is 1. The largest absolute Gasteiger partial charge is 0.507 e. The Hall–Kier alpha value is -3.40. The smallest absolute Gasteiger partial charge is 0.255 e. The summed E-state index contributed by atoms with van der Waals surface area (Å²) in [5.74, 6) is -0.0504. The minimum Gasteiger partial charge on any atom is -0.507 e. The summed E-state index contributed by atoms with van der Waals surface area (Å²) in [4.78, 5) is 9.88. The Bertz CT molecular complexity index is 1260. The van der Waals surface area contributed by atoms with Gasteiger partial charge in [-0.15, -0.1) is 10.2 Å². The van der Waals surface area contributed by atoms with Crippen LogP contribution in [0, 0.1) is 5.95 Å². The number of hydrogen-bond donors (Lipinski definition) is 2. The Kier molecular flexibility index (Phi) is 5.58. The summed E-state index contributed by atoms with van der Waals surface area (Å²) in [7, 11) is 3.18. The second kappa shape index (κ2) is 8.37. The quantitative estimate of drug-likeness (QED) is 0.529. The second-order valence-electron chi connectivity index (χ2n) is 9.98. The van der Waals surface area contributed by atoms with Gasteiger partial charge in [0.15, 0.2) is 17.4 Å². The van der Waals surface area contributed by atoms with Gasteiger partial charge in [0.25, 0.3) is 5.95 Å². The Labute approximate surface area is 202 Å². The van der Waals surface area contributed by atoms with Crippen molar-refractivity contribution >= 4 is 5.82 Å². The Morgan fingerprint density at radius 3 is 2.60 bits per heavy atom. The van der Waals surface area contributed by atoms with E-state index >= 15 is 4.39 Å². The number of alkyl halides is 1. The van der Waals surface area contributed by atoms with Crippen LogP contribution in [-0.4, -0.2) is 62.7 Å². The summed E-state index contributed by atoms with van der Waals surface area (Å²) in [5.41, 5.74) is 0.942. The van der Waals surface area contributed by atoms with E-state index in [0.29, 0.717) is 28.9 Å². The van der Waals surface area contributed by atoms with E-state index in [0.717, 1.165) is 12.8 Å². The maximum Gasteiger partial charge on any atom is 0.255 e. The average molecular weight is 483 g/mol. The molecule has 2 aliphatic rings. The van der Waals surface area contributed by atoms with Crippen LogP contribution in [0.15, 0.2) is 36.7 Å². The SMILES string of the molecule is COc1cc(-c2ccc(-c3ncc(N(C)[C@H]4C[C@]5(C)CC[C@@](C)(N5)[C@H]4F)nn3)c(O)c2)cnc1F. The number of nitrogens with zero attached hydrogens (tertiary/aromatic N) is 5. The lowest BCUT2D eigenvalue weighted by atomic mass is 9.82. The van der Waals surface area contributed by atoms with Crippen molar-refractivity contribution in [1.29, 1.82) is 0 Å². The molecule has 35 heavy (non-hydrogen) atoms. The van der Waals surface area contributed by atoms with E-state index in [1.54, 1.807) is 18.3 Å². The van der Waals surface area contributed by atoms with Gasteiger partial charge in [0, 0.05) is 29.9 Å². The van der Waals surface area contributed by atoms with Crippen LogP contribution in [0.2, 0.25) is 0 Å². The fourth-order valence-corrected chi connectivity index (χ4v) is 5.39. The molecule has 3 aromatic rings. The first kappa shape index (κ1) is 23.3. The van der Waals surface area contributed by atoms with Crippen LogP contribution >= 0.6 is 0 Å². The number of nitrogens with one attached hydrogen (secondary N) is 1. The van der Waals surface area contributed by atoms with Crippen LogP contribution in [0.3, 0.4) is 0 Å². The Balaban J connectivity index is 1.37. The number of anilines is 1. The lowest BCUT2D eigenvalue weighted by Crippen LogP contribution is -2.65. The zero-order chi connectivity index (χ0) is 25.0. The van der Waals surface area contributed by atoms with Crippen LogP contribution in [0.25, 0.3) is 22.5 Å². The zero-order valence-corrected chi connectivity index (χ0v) is 20.1. The number of phenols is 1. The van der Waals surface area contributed by atoms with Gasteiger partial charge < -0.3 is 20.1 Å². The normalized spacial score (nSPS) is 27.6. The molecule has 0 spiro atoms. The summed E-state index contributed by atoms with van der Waals surface area (Å²) in [6.07, 6.45) is 4.25. The van der Waals surface area contributed by atoms with Crippen molar-refractivity contribution in [3.05, 3.63) is 42.6 Å². The van der Waals surface area contributed by atoms with E-state index in [-0.39, 0.29) is 28.9 Å². The molecule has 0 saturated carbocycles. The van der Waals surface area contributed by atoms with Gasteiger partial charge in [0.1, 0.15) is 11.9 Å². The van der Waals surface area contributed by atoms with Crippen LogP contribution in [-0.2, 0) is 0 Å². The number of ether oxygens (including phenoxy) is 1. The molecule has 2 aromatic heterocycles. The van der Waals surface area contributed by atoms with Crippen LogP contribution in [0.5, 0.6) is 11.5 Å². The molecule has 0 unspecified atom stereocenters. The summed E-state index contributed by atoms with van der Waals surface area (Å²) in [6.45, 7) is 4.09. The monoisotopic (exact) mass is 482 g/mol. The lowest BCUT2D eigenvalue weighted by molar-refractivity contribution is 0.0859. The van der Waals surface area contributed by atoms with Crippen LogP contribution < -0.4 is 15.0 Å². The van der Waals surface area contributed by atoms with Gasteiger partial charge in [0.2, 0.25) is 0 Å². The molecule has 0 radical (unpaired) electrons. The first-order valence-electron chi connectivity index (χ1n) is 11.5. The van der Waals surface area contributed by atoms with Crippen LogP contribution in [0.4, 0.5) is 14.6 Å². The summed E-state index contributed by atoms with van der Waals surface area (Å²) < 4.78 is 34.0. The van der Waals surface area contributed by atoms with Crippen molar-refractivity contribution in [2.45, 2.75) is 56.4 Å². The topological polar surface area (TPSA) is 96.3 Å². The highest BCUT2D eigenvalue weighted by Crippen LogP contribution is 2.45. The molecule has 0 amide bonds. The highest BCUT2D eigenvalue weighted by molar-refractivity contribution is 5.73. The number of benzene rings is 1. The highest BCUT2D eigenvalue weighted by Gasteiger charge is 2.56. The molecule has 0 aliphatic carbocycles. The van der Waals surface area contributed by atoms with Gasteiger partial charge in [0.05, 0.1) is 24.9 Å². The number of rotatable bonds is 5. The molecule has 8 nitrogen and oxygen atoms in total. The van der Waals surface area contributed by atoms with Crippen molar-refractivity contribution in [2.24, 2.45) is 0 Å². The fraction of sp³-hybridized carbons (Fsp3) is 0.440. The number of piperidine rings is 1.